The highest BCUT2D eigenvalue weighted by molar-refractivity contribution is 9.10. The second kappa shape index (κ2) is 6.12. The molecule has 1 atom stereocenters. The minimum atomic E-state index is -0.216. The first-order chi connectivity index (χ1) is 8.70. The van der Waals surface area contributed by atoms with Crippen molar-refractivity contribution in [1.82, 2.24) is 5.32 Å². The minimum absolute atomic E-state index is 0.216. The summed E-state index contributed by atoms with van der Waals surface area (Å²) in [6.45, 7) is 0. The van der Waals surface area contributed by atoms with Gasteiger partial charge in [-0.3, -0.25) is 0 Å². The smallest absolute Gasteiger partial charge is 0.124 e. The van der Waals surface area contributed by atoms with Gasteiger partial charge >= 0.3 is 0 Å². The third-order valence-electron chi connectivity index (χ3n) is 2.99. The van der Waals surface area contributed by atoms with Gasteiger partial charge in [0.2, 0.25) is 0 Å². The van der Waals surface area contributed by atoms with Crippen molar-refractivity contribution in [2.75, 3.05) is 7.05 Å². The van der Waals surface area contributed by atoms with Crippen LogP contribution in [-0.2, 0) is 6.42 Å². The average molecular weight is 308 g/mol. The lowest BCUT2D eigenvalue weighted by Gasteiger charge is -2.17. The number of hydrogen-bond donors (Lipinski definition) is 1. The average Bonchev–Trinajstić information content (AvgIpc) is 2.39. The summed E-state index contributed by atoms with van der Waals surface area (Å²) in [6, 6.07) is 15.3. The van der Waals surface area contributed by atoms with Crippen molar-refractivity contribution < 1.29 is 4.39 Å². The summed E-state index contributed by atoms with van der Waals surface area (Å²) in [5, 5.41) is 3.29. The van der Waals surface area contributed by atoms with E-state index in [9.17, 15) is 4.39 Å². The second-order valence-electron chi connectivity index (χ2n) is 4.19. The molecule has 3 heteroatoms. The third kappa shape index (κ3) is 3.18. The molecule has 1 nitrogen and oxygen atoms in total. The summed E-state index contributed by atoms with van der Waals surface area (Å²) in [4.78, 5) is 0. The highest BCUT2D eigenvalue weighted by Crippen LogP contribution is 2.24. The van der Waals surface area contributed by atoms with Crippen molar-refractivity contribution in [2.24, 2.45) is 0 Å². The molecular weight excluding hydrogens is 293 g/mol. The molecule has 0 aliphatic heterocycles. The highest BCUT2D eigenvalue weighted by Gasteiger charge is 2.11. The molecule has 2 aromatic carbocycles. The molecular formula is C15H15BrFN. The Bertz CT molecular complexity index is 513. The molecule has 1 N–H and O–H groups in total. The standard InChI is InChI=1S/C15H15BrFN/c1-18-15(11-5-3-2-4-6-11)9-12-7-8-13(17)10-14(12)16/h2-8,10,15,18H,9H2,1H3. The number of nitrogens with one attached hydrogen (secondary N) is 1. The summed E-state index contributed by atoms with van der Waals surface area (Å²) in [7, 11) is 1.94. The Morgan fingerprint density at radius 1 is 1.17 bits per heavy atom. The first kappa shape index (κ1) is 13.2. The van der Waals surface area contributed by atoms with Gasteiger partial charge in [-0.25, -0.2) is 4.39 Å². The maximum absolute atomic E-state index is 13.0. The Morgan fingerprint density at radius 2 is 1.89 bits per heavy atom. The molecule has 0 aromatic heterocycles. The molecule has 0 fully saturated rings. The number of halogens is 2. The van der Waals surface area contributed by atoms with Gasteiger partial charge in [0.05, 0.1) is 0 Å². The predicted molar refractivity (Wildman–Crippen MR) is 76.0 cm³/mol. The van der Waals surface area contributed by atoms with Crippen LogP contribution in [0.25, 0.3) is 0 Å². The molecule has 0 spiro atoms. The summed E-state index contributed by atoms with van der Waals surface area (Å²) in [5.74, 6) is -0.216. The molecule has 1 unspecified atom stereocenters. The lowest BCUT2D eigenvalue weighted by Crippen LogP contribution is -2.18. The van der Waals surface area contributed by atoms with Gasteiger partial charge in [-0.15, -0.1) is 0 Å². The molecule has 0 radical (unpaired) electrons. The van der Waals surface area contributed by atoms with Crippen LogP contribution < -0.4 is 5.32 Å². The van der Waals surface area contributed by atoms with Crippen LogP contribution in [0.4, 0.5) is 4.39 Å². The highest BCUT2D eigenvalue weighted by atomic mass is 79.9. The van der Waals surface area contributed by atoms with E-state index in [1.165, 1.54) is 17.7 Å². The van der Waals surface area contributed by atoms with Crippen LogP contribution in [0.2, 0.25) is 0 Å². The van der Waals surface area contributed by atoms with E-state index in [1.807, 2.05) is 31.3 Å². The SMILES string of the molecule is CNC(Cc1ccc(F)cc1Br)c1ccccc1. The lowest BCUT2D eigenvalue weighted by atomic mass is 9.99. The van der Waals surface area contributed by atoms with E-state index in [2.05, 4.69) is 33.4 Å². The molecule has 2 rings (SSSR count). The molecule has 0 saturated heterocycles. The van der Waals surface area contributed by atoms with E-state index in [-0.39, 0.29) is 11.9 Å². The maximum Gasteiger partial charge on any atom is 0.124 e. The zero-order valence-corrected chi connectivity index (χ0v) is 11.7. The van der Waals surface area contributed by atoms with E-state index in [1.54, 1.807) is 0 Å². The normalized spacial score (nSPS) is 12.4. The fourth-order valence-corrected chi connectivity index (χ4v) is 2.49. The minimum Gasteiger partial charge on any atom is -0.313 e. The van der Waals surface area contributed by atoms with E-state index in [0.717, 1.165) is 16.5 Å². The van der Waals surface area contributed by atoms with Gasteiger partial charge < -0.3 is 5.32 Å². The molecule has 0 amide bonds. The number of hydrogen-bond acceptors (Lipinski definition) is 1. The van der Waals surface area contributed by atoms with Gasteiger partial charge in [0.15, 0.2) is 0 Å². The predicted octanol–water partition coefficient (Wildman–Crippen LogP) is 4.09. The van der Waals surface area contributed by atoms with Gasteiger partial charge in [-0.2, -0.15) is 0 Å². The second-order valence-corrected chi connectivity index (χ2v) is 5.05. The van der Waals surface area contributed by atoms with Crippen LogP contribution in [0.1, 0.15) is 17.2 Å². The topological polar surface area (TPSA) is 12.0 Å². The van der Waals surface area contributed by atoms with E-state index in [0.29, 0.717) is 0 Å². The Balaban J connectivity index is 2.21. The van der Waals surface area contributed by atoms with Crippen LogP contribution >= 0.6 is 15.9 Å². The molecule has 94 valence electrons. The monoisotopic (exact) mass is 307 g/mol. The van der Waals surface area contributed by atoms with Gasteiger partial charge in [0.25, 0.3) is 0 Å². The maximum atomic E-state index is 13.0. The van der Waals surface area contributed by atoms with Crippen LogP contribution in [0.15, 0.2) is 53.0 Å². The van der Waals surface area contributed by atoms with Crippen molar-refractivity contribution >= 4 is 15.9 Å². The quantitative estimate of drug-likeness (QED) is 0.897. The molecule has 0 bridgehead atoms. The Hall–Kier alpha value is -1.19. The van der Waals surface area contributed by atoms with Crippen LogP contribution in [0, 0.1) is 5.82 Å². The van der Waals surface area contributed by atoms with E-state index < -0.39 is 0 Å². The third-order valence-corrected chi connectivity index (χ3v) is 3.73. The summed E-state index contributed by atoms with van der Waals surface area (Å²) in [6.07, 6.45) is 0.821. The summed E-state index contributed by atoms with van der Waals surface area (Å²) < 4.78 is 13.9. The Morgan fingerprint density at radius 3 is 2.50 bits per heavy atom. The summed E-state index contributed by atoms with van der Waals surface area (Å²) in [5.41, 5.74) is 2.33. The molecule has 18 heavy (non-hydrogen) atoms. The van der Waals surface area contributed by atoms with E-state index in [4.69, 9.17) is 0 Å². The molecule has 0 aliphatic carbocycles. The van der Waals surface area contributed by atoms with Gasteiger partial charge in [-0.05, 0) is 36.7 Å². The lowest BCUT2D eigenvalue weighted by molar-refractivity contribution is 0.587. The zero-order chi connectivity index (χ0) is 13.0. The van der Waals surface area contributed by atoms with Crippen LogP contribution in [-0.4, -0.2) is 7.05 Å². The van der Waals surface area contributed by atoms with Crippen molar-refractivity contribution in [2.45, 2.75) is 12.5 Å². The Labute approximate surface area is 115 Å². The van der Waals surface area contributed by atoms with Crippen molar-refractivity contribution in [1.29, 1.82) is 0 Å². The fourth-order valence-electron chi connectivity index (χ4n) is 1.98. The largest absolute Gasteiger partial charge is 0.313 e. The van der Waals surface area contributed by atoms with Crippen LogP contribution in [0.5, 0.6) is 0 Å². The molecule has 0 saturated carbocycles. The van der Waals surface area contributed by atoms with Crippen molar-refractivity contribution in [3.8, 4) is 0 Å². The molecule has 0 aliphatic rings. The van der Waals surface area contributed by atoms with Gasteiger partial charge in [0.1, 0.15) is 5.82 Å². The van der Waals surface area contributed by atoms with Gasteiger partial charge in [-0.1, -0.05) is 52.3 Å². The fraction of sp³-hybridized carbons (Fsp3) is 0.200. The van der Waals surface area contributed by atoms with Crippen molar-refractivity contribution in [3.63, 3.8) is 0 Å². The zero-order valence-electron chi connectivity index (χ0n) is 10.2. The Kier molecular flexibility index (Phi) is 4.50. The number of benzene rings is 2. The van der Waals surface area contributed by atoms with Gasteiger partial charge in [0, 0.05) is 10.5 Å². The number of rotatable bonds is 4. The first-order valence-electron chi connectivity index (χ1n) is 5.87. The van der Waals surface area contributed by atoms with Crippen molar-refractivity contribution in [3.05, 3.63) is 69.9 Å². The molecule has 0 heterocycles. The number of likely N-dealkylation sites (N-methyl/N-ethyl adjacent to an activating group) is 1. The summed E-state index contributed by atoms with van der Waals surface area (Å²) >= 11 is 3.41. The first-order valence-corrected chi connectivity index (χ1v) is 6.66. The molecule has 2 aromatic rings. The van der Waals surface area contributed by atoms with Crippen LogP contribution in [0.3, 0.4) is 0 Å². The van der Waals surface area contributed by atoms with E-state index >= 15 is 0 Å².